The number of carbonyl (C=O) groups is 1. The Morgan fingerprint density at radius 1 is 1.58 bits per heavy atom. The molecule has 1 heterocycles. The molecule has 0 unspecified atom stereocenters. The Hall–Kier alpha value is -1.03. The molecular formula is C8H10O3S. The Morgan fingerprint density at radius 2 is 2.33 bits per heavy atom. The molecule has 0 saturated carbocycles. The zero-order valence-electron chi connectivity index (χ0n) is 6.99. The van der Waals surface area contributed by atoms with Crippen molar-refractivity contribution in [3.05, 3.63) is 17.0 Å². The van der Waals surface area contributed by atoms with Gasteiger partial charge in [0.1, 0.15) is 4.88 Å². The van der Waals surface area contributed by atoms with E-state index < -0.39 is 0 Å². The van der Waals surface area contributed by atoms with Crippen LogP contribution in [0.2, 0.25) is 0 Å². The number of hydrogen-bond donors (Lipinski definition) is 0. The van der Waals surface area contributed by atoms with Gasteiger partial charge in [-0.2, -0.15) is 0 Å². The summed E-state index contributed by atoms with van der Waals surface area (Å²) >= 11 is 1.28. The van der Waals surface area contributed by atoms with Crippen LogP contribution < -0.4 is 4.74 Å². The topological polar surface area (TPSA) is 35.5 Å². The van der Waals surface area contributed by atoms with Crippen molar-refractivity contribution in [3.63, 3.8) is 0 Å². The molecule has 0 aliphatic rings. The monoisotopic (exact) mass is 186 g/mol. The Bertz CT molecular complexity index is 267. The molecule has 1 rings (SSSR count). The lowest BCUT2D eigenvalue weighted by molar-refractivity contribution is 0.0532. The number of hydrogen-bond acceptors (Lipinski definition) is 4. The summed E-state index contributed by atoms with van der Waals surface area (Å²) in [6, 6.07) is 3.44. The van der Waals surface area contributed by atoms with Crippen LogP contribution in [-0.2, 0) is 4.74 Å². The van der Waals surface area contributed by atoms with E-state index in [9.17, 15) is 4.79 Å². The van der Waals surface area contributed by atoms with Crippen molar-refractivity contribution >= 4 is 17.3 Å². The maximum atomic E-state index is 11.1. The minimum absolute atomic E-state index is 0.286. The number of carbonyl (C=O) groups excluding carboxylic acids is 1. The standard InChI is InChI=1S/C8H10O3S/c1-3-11-8(9)6-4-5-7(10-2)12-6/h4-5H,3H2,1-2H3. The molecule has 0 aromatic carbocycles. The molecule has 0 fully saturated rings. The second-order valence-electron chi connectivity index (χ2n) is 2.04. The van der Waals surface area contributed by atoms with Gasteiger partial charge in [-0.1, -0.05) is 11.3 Å². The van der Waals surface area contributed by atoms with Crippen molar-refractivity contribution in [1.29, 1.82) is 0 Å². The van der Waals surface area contributed by atoms with Gasteiger partial charge >= 0.3 is 5.97 Å². The van der Waals surface area contributed by atoms with Gasteiger partial charge in [-0.3, -0.25) is 0 Å². The van der Waals surface area contributed by atoms with Crippen LogP contribution in [0.25, 0.3) is 0 Å². The molecular weight excluding hydrogens is 176 g/mol. The fraction of sp³-hybridized carbons (Fsp3) is 0.375. The number of ether oxygens (including phenoxy) is 2. The molecule has 0 N–H and O–H groups in total. The molecule has 1 aromatic heterocycles. The van der Waals surface area contributed by atoms with Crippen LogP contribution >= 0.6 is 11.3 Å². The van der Waals surface area contributed by atoms with E-state index in [0.29, 0.717) is 11.5 Å². The van der Waals surface area contributed by atoms with Crippen LogP contribution in [0.3, 0.4) is 0 Å². The van der Waals surface area contributed by atoms with E-state index in [2.05, 4.69) is 0 Å². The van der Waals surface area contributed by atoms with Crippen LogP contribution in [-0.4, -0.2) is 19.7 Å². The fourth-order valence-corrected chi connectivity index (χ4v) is 1.46. The minimum atomic E-state index is -0.286. The Kier molecular flexibility index (Phi) is 3.10. The largest absolute Gasteiger partial charge is 0.487 e. The van der Waals surface area contributed by atoms with Crippen molar-refractivity contribution in [3.8, 4) is 5.06 Å². The maximum absolute atomic E-state index is 11.1. The molecule has 0 bridgehead atoms. The first-order chi connectivity index (χ1) is 5.77. The summed E-state index contributed by atoms with van der Waals surface area (Å²) in [4.78, 5) is 11.7. The molecule has 0 aliphatic heterocycles. The highest BCUT2D eigenvalue weighted by molar-refractivity contribution is 7.15. The van der Waals surface area contributed by atoms with Gasteiger partial charge in [0, 0.05) is 0 Å². The molecule has 0 atom stereocenters. The van der Waals surface area contributed by atoms with Gasteiger partial charge in [-0.15, -0.1) is 0 Å². The van der Waals surface area contributed by atoms with Gasteiger partial charge < -0.3 is 9.47 Å². The SMILES string of the molecule is CCOC(=O)c1ccc(OC)s1. The van der Waals surface area contributed by atoms with Crippen LogP contribution in [0.15, 0.2) is 12.1 Å². The van der Waals surface area contributed by atoms with Crippen molar-refractivity contribution in [1.82, 2.24) is 0 Å². The first kappa shape index (κ1) is 9.06. The van der Waals surface area contributed by atoms with Gasteiger partial charge in [-0.05, 0) is 19.1 Å². The number of methoxy groups -OCH3 is 1. The molecule has 4 heteroatoms. The zero-order valence-corrected chi connectivity index (χ0v) is 7.81. The smallest absolute Gasteiger partial charge is 0.348 e. The van der Waals surface area contributed by atoms with E-state index in [0.717, 1.165) is 5.06 Å². The van der Waals surface area contributed by atoms with E-state index in [1.165, 1.54) is 11.3 Å². The highest BCUT2D eigenvalue weighted by Crippen LogP contribution is 2.24. The van der Waals surface area contributed by atoms with Gasteiger partial charge in [0.15, 0.2) is 5.06 Å². The highest BCUT2D eigenvalue weighted by atomic mass is 32.1. The zero-order chi connectivity index (χ0) is 8.97. The summed E-state index contributed by atoms with van der Waals surface area (Å²) in [7, 11) is 1.57. The first-order valence-corrected chi connectivity index (χ1v) is 4.40. The summed E-state index contributed by atoms with van der Waals surface area (Å²) in [5, 5.41) is 0.720. The predicted molar refractivity (Wildman–Crippen MR) is 46.8 cm³/mol. The maximum Gasteiger partial charge on any atom is 0.348 e. The normalized spacial score (nSPS) is 9.50. The summed E-state index contributed by atoms with van der Waals surface area (Å²) in [5.41, 5.74) is 0. The van der Waals surface area contributed by atoms with Crippen molar-refractivity contribution in [2.45, 2.75) is 6.92 Å². The third kappa shape index (κ3) is 1.98. The first-order valence-electron chi connectivity index (χ1n) is 3.59. The second kappa shape index (κ2) is 4.11. The van der Waals surface area contributed by atoms with Crippen LogP contribution in [0, 0.1) is 0 Å². The molecule has 0 saturated heterocycles. The van der Waals surface area contributed by atoms with E-state index >= 15 is 0 Å². The third-order valence-electron chi connectivity index (χ3n) is 1.26. The lowest BCUT2D eigenvalue weighted by atomic mass is 10.5. The minimum Gasteiger partial charge on any atom is -0.487 e. The molecule has 0 aliphatic carbocycles. The number of rotatable bonds is 3. The van der Waals surface area contributed by atoms with Gasteiger partial charge in [0.2, 0.25) is 0 Å². The van der Waals surface area contributed by atoms with E-state index in [4.69, 9.17) is 9.47 Å². The Balaban J connectivity index is 2.68. The van der Waals surface area contributed by atoms with Crippen LogP contribution in [0.4, 0.5) is 0 Å². The number of esters is 1. The van der Waals surface area contributed by atoms with Crippen molar-refractivity contribution in [2.24, 2.45) is 0 Å². The highest BCUT2D eigenvalue weighted by Gasteiger charge is 2.09. The third-order valence-corrected chi connectivity index (χ3v) is 2.29. The van der Waals surface area contributed by atoms with Gasteiger partial charge in [-0.25, -0.2) is 4.79 Å². The number of thiophene rings is 1. The Morgan fingerprint density at radius 3 is 2.83 bits per heavy atom. The lowest BCUT2D eigenvalue weighted by Crippen LogP contribution is -2.01. The predicted octanol–water partition coefficient (Wildman–Crippen LogP) is 1.93. The molecule has 0 radical (unpaired) electrons. The average Bonchev–Trinajstić information content (AvgIpc) is 2.52. The second-order valence-corrected chi connectivity index (χ2v) is 3.09. The summed E-state index contributed by atoms with van der Waals surface area (Å²) in [6.07, 6.45) is 0. The van der Waals surface area contributed by atoms with Crippen LogP contribution in [0.5, 0.6) is 5.06 Å². The Labute approximate surface area is 74.9 Å². The molecule has 12 heavy (non-hydrogen) atoms. The van der Waals surface area contributed by atoms with Crippen LogP contribution in [0.1, 0.15) is 16.6 Å². The molecule has 66 valence electrons. The fourth-order valence-electron chi connectivity index (χ4n) is 0.742. The summed E-state index contributed by atoms with van der Waals surface area (Å²) in [6.45, 7) is 2.18. The van der Waals surface area contributed by atoms with E-state index in [1.807, 2.05) is 0 Å². The lowest BCUT2D eigenvalue weighted by Gasteiger charge is -1.96. The molecule has 0 spiro atoms. The molecule has 0 amide bonds. The molecule has 3 nitrogen and oxygen atoms in total. The van der Waals surface area contributed by atoms with E-state index in [-0.39, 0.29) is 5.97 Å². The quantitative estimate of drug-likeness (QED) is 0.677. The average molecular weight is 186 g/mol. The van der Waals surface area contributed by atoms with Gasteiger partial charge in [0.05, 0.1) is 13.7 Å². The van der Waals surface area contributed by atoms with Gasteiger partial charge in [0.25, 0.3) is 0 Å². The van der Waals surface area contributed by atoms with Crippen molar-refractivity contribution < 1.29 is 14.3 Å². The summed E-state index contributed by atoms with van der Waals surface area (Å²) < 4.78 is 9.74. The van der Waals surface area contributed by atoms with Crippen molar-refractivity contribution in [2.75, 3.05) is 13.7 Å². The molecule has 1 aromatic rings. The summed E-state index contributed by atoms with van der Waals surface area (Å²) in [5.74, 6) is -0.286. The van der Waals surface area contributed by atoms with E-state index in [1.54, 1.807) is 26.2 Å².